The third-order valence-electron chi connectivity index (χ3n) is 4.53. The summed E-state index contributed by atoms with van der Waals surface area (Å²) in [5.41, 5.74) is 1.49. The minimum atomic E-state index is -0.776. The molecule has 0 saturated heterocycles. The fraction of sp³-hybridized carbons (Fsp3) is 0.217. The van der Waals surface area contributed by atoms with Crippen molar-refractivity contribution in [3.05, 3.63) is 64.1 Å². The van der Waals surface area contributed by atoms with Crippen LogP contribution in [-0.4, -0.2) is 42.7 Å². The number of aryl methyl sites for hydroxylation is 1. The van der Waals surface area contributed by atoms with Crippen LogP contribution >= 0.6 is 11.3 Å². The summed E-state index contributed by atoms with van der Waals surface area (Å²) in [6, 6.07) is 10.4. The molecule has 3 aromatic rings. The predicted molar refractivity (Wildman–Crippen MR) is 123 cm³/mol. The maximum atomic E-state index is 12.2. The molecule has 0 fully saturated rings. The summed E-state index contributed by atoms with van der Waals surface area (Å²) in [6.07, 6.45) is 0. The molecule has 2 heterocycles. The van der Waals surface area contributed by atoms with Crippen LogP contribution in [0.5, 0.6) is 17.2 Å². The number of carbonyl (C=O) groups excluding carboxylic acids is 3. The van der Waals surface area contributed by atoms with Gasteiger partial charge in [0.05, 0.1) is 16.3 Å². The van der Waals surface area contributed by atoms with E-state index in [1.807, 2.05) is 12.3 Å². The molecular formula is C23H21N3O7S. The van der Waals surface area contributed by atoms with Gasteiger partial charge in [-0.05, 0) is 43.3 Å². The number of nitrogens with zero attached hydrogens (tertiary/aromatic N) is 1. The van der Waals surface area contributed by atoms with Gasteiger partial charge in [-0.3, -0.25) is 10.1 Å². The highest BCUT2D eigenvalue weighted by molar-refractivity contribution is 7.09. The van der Waals surface area contributed by atoms with Gasteiger partial charge in [0.1, 0.15) is 25.6 Å². The standard InChI is InChI=1S/C23H21N3O7S/c1-14-24-17(13-34-14)11-32-18-5-2-15(3-6-18)22(28)33-12-21(27)26-23(29)25-16-4-7-19-20(10-16)31-9-8-30-19/h2-7,10,13H,8-9,11-12H2,1H3,(H2,25,26,27,29). The number of urea groups is 1. The predicted octanol–water partition coefficient (Wildman–Crippen LogP) is 3.31. The lowest BCUT2D eigenvalue weighted by Crippen LogP contribution is -2.37. The van der Waals surface area contributed by atoms with Crippen LogP contribution in [0.3, 0.4) is 0 Å². The third kappa shape index (κ3) is 6.23. The van der Waals surface area contributed by atoms with Crippen molar-refractivity contribution < 1.29 is 33.3 Å². The highest BCUT2D eigenvalue weighted by atomic mass is 32.1. The number of rotatable bonds is 7. The van der Waals surface area contributed by atoms with Gasteiger partial charge >= 0.3 is 12.0 Å². The number of hydrogen-bond acceptors (Lipinski definition) is 9. The van der Waals surface area contributed by atoms with Crippen LogP contribution in [0.2, 0.25) is 0 Å². The monoisotopic (exact) mass is 483 g/mol. The number of hydrogen-bond donors (Lipinski definition) is 2. The number of imide groups is 1. The average Bonchev–Trinajstić information content (AvgIpc) is 3.26. The van der Waals surface area contributed by atoms with Crippen LogP contribution in [0.4, 0.5) is 10.5 Å². The van der Waals surface area contributed by atoms with Crippen molar-refractivity contribution in [2.24, 2.45) is 0 Å². The van der Waals surface area contributed by atoms with E-state index in [2.05, 4.69) is 15.6 Å². The molecule has 4 rings (SSSR count). The van der Waals surface area contributed by atoms with E-state index < -0.39 is 24.5 Å². The normalized spacial score (nSPS) is 11.9. The zero-order valence-corrected chi connectivity index (χ0v) is 19.0. The first-order chi connectivity index (χ1) is 16.5. The van der Waals surface area contributed by atoms with E-state index >= 15 is 0 Å². The second-order valence-electron chi connectivity index (χ2n) is 7.11. The molecule has 1 aliphatic heterocycles. The van der Waals surface area contributed by atoms with Crippen LogP contribution in [0.1, 0.15) is 21.1 Å². The molecule has 0 aliphatic carbocycles. The van der Waals surface area contributed by atoms with Crippen molar-refractivity contribution in [1.82, 2.24) is 10.3 Å². The lowest BCUT2D eigenvalue weighted by Gasteiger charge is -2.19. The molecular weight excluding hydrogens is 462 g/mol. The van der Waals surface area contributed by atoms with Crippen molar-refractivity contribution in [3.63, 3.8) is 0 Å². The fourth-order valence-electron chi connectivity index (χ4n) is 2.98. The molecule has 0 saturated carbocycles. The van der Waals surface area contributed by atoms with Crippen LogP contribution in [0.15, 0.2) is 47.8 Å². The molecule has 0 atom stereocenters. The Kier molecular flexibility index (Phi) is 7.23. The summed E-state index contributed by atoms with van der Waals surface area (Å²) >= 11 is 1.54. The van der Waals surface area contributed by atoms with E-state index in [-0.39, 0.29) is 5.56 Å². The summed E-state index contributed by atoms with van der Waals surface area (Å²) in [5, 5.41) is 7.48. The topological polar surface area (TPSA) is 125 Å². The number of thiazole rings is 1. The molecule has 176 valence electrons. The van der Waals surface area contributed by atoms with Gasteiger partial charge in [0.25, 0.3) is 5.91 Å². The molecule has 11 heteroatoms. The lowest BCUT2D eigenvalue weighted by molar-refractivity contribution is -0.123. The van der Waals surface area contributed by atoms with E-state index in [4.69, 9.17) is 18.9 Å². The third-order valence-corrected chi connectivity index (χ3v) is 5.35. The van der Waals surface area contributed by atoms with Gasteiger partial charge < -0.3 is 24.3 Å². The van der Waals surface area contributed by atoms with Crippen molar-refractivity contribution >= 4 is 34.9 Å². The van der Waals surface area contributed by atoms with Gasteiger partial charge in [-0.2, -0.15) is 0 Å². The number of aromatic nitrogens is 1. The number of esters is 1. The van der Waals surface area contributed by atoms with E-state index in [0.29, 0.717) is 42.8 Å². The quantitative estimate of drug-likeness (QED) is 0.491. The number of amides is 3. The van der Waals surface area contributed by atoms with E-state index in [1.165, 1.54) is 12.1 Å². The Bertz CT molecular complexity index is 1190. The Morgan fingerprint density at radius 1 is 1.06 bits per heavy atom. The summed E-state index contributed by atoms with van der Waals surface area (Å²) in [4.78, 5) is 40.5. The first-order valence-corrected chi connectivity index (χ1v) is 11.2. The summed E-state index contributed by atoms with van der Waals surface area (Å²) in [6.45, 7) is 2.49. The first-order valence-electron chi connectivity index (χ1n) is 10.3. The van der Waals surface area contributed by atoms with Gasteiger partial charge in [-0.1, -0.05) is 0 Å². The Hall–Kier alpha value is -4.12. The van der Waals surface area contributed by atoms with Crippen molar-refractivity contribution in [2.45, 2.75) is 13.5 Å². The number of ether oxygens (including phenoxy) is 4. The summed E-state index contributed by atoms with van der Waals surface area (Å²) in [7, 11) is 0. The molecule has 10 nitrogen and oxygen atoms in total. The Morgan fingerprint density at radius 2 is 1.82 bits per heavy atom. The number of fused-ring (bicyclic) bond motifs is 1. The van der Waals surface area contributed by atoms with E-state index in [9.17, 15) is 14.4 Å². The largest absolute Gasteiger partial charge is 0.487 e. The molecule has 3 amide bonds. The SMILES string of the molecule is Cc1nc(COc2ccc(C(=O)OCC(=O)NC(=O)Nc3ccc4c(c3)OCCO4)cc2)cs1. The fourth-order valence-corrected chi connectivity index (χ4v) is 3.58. The number of benzene rings is 2. The molecule has 2 aromatic carbocycles. The molecule has 1 aromatic heterocycles. The van der Waals surface area contributed by atoms with Crippen molar-refractivity contribution in [1.29, 1.82) is 0 Å². The van der Waals surface area contributed by atoms with Crippen LogP contribution in [-0.2, 0) is 16.1 Å². The highest BCUT2D eigenvalue weighted by Gasteiger charge is 2.15. The smallest absolute Gasteiger partial charge is 0.338 e. The molecule has 0 unspecified atom stereocenters. The van der Waals surface area contributed by atoms with Crippen molar-refractivity contribution in [2.75, 3.05) is 25.1 Å². The van der Waals surface area contributed by atoms with Gasteiger partial charge in [0, 0.05) is 17.1 Å². The maximum Gasteiger partial charge on any atom is 0.338 e. The Balaban J connectivity index is 1.20. The Morgan fingerprint density at radius 3 is 2.56 bits per heavy atom. The summed E-state index contributed by atoms with van der Waals surface area (Å²) < 4.78 is 21.5. The zero-order valence-electron chi connectivity index (χ0n) is 18.2. The molecule has 34 heavy (non-hydrogen) atoms. The lowest BCUT2D eigenvalue weighted by atomic mass is 10.2. The molecule has 0 spiro atoms. The first kappa shape index (κ1) is 23.1. The Labute approximate surface area is 198 Å². The van der Waals surface area contributed by atoms with Gasteiger partial charge in [-0.25, -0.2) is 14.6 Å². The highest BCUT2D eigenvalue weighted by Crippen LogP contribution is 2.32. The second kappa shape index (κ2) is 10.7. The van der Waals surface area contributed by atoms with Crippen molar-refractivity contribution in [3.8, 4) is 17.2 Å². The second-order valence-corrected chi connectivity index (χ2v) is 8.17. The van der Waals surface area contributed by atoms with E-state index in [0.717, 1.165) is 10.7 Å². The molecule has 0 bridgehead atoms. The minimum absolute atomic E-state index is 0.241. The molecule has 2 N–H and O–H groups in total. The van der Waals surface area contributed by atoms with E-state index in [1.54, 1.807) is 41.7 Å². The zero-order chi connectivity index (χ0) is 23.9. The van der Waals surface area contributed by atoms with Crippen LogP contribution in [0.25, 0.3) is 0 Å². The van der Waals surface area contributed by atoms with Gasteiger partial charge in [-0.15, -0.1) is 11.3 Å². The summed E-state index contributed by atoms with van der Waals surface area (Å²) in [5.74, 6) is 0.162. The average molecular weight is 484 g/mol. The number of anilines is 1. The maximum absolute atomic E-state index is 12.2. The molecule has 1 aliphatic rings. The number of nitrogens with one attached hydrogen (secondary N) is 2. The minimum Gasteiger partial charge on any atom is -0.487 e. The number of carbonyl (C=O) groups is 3. The molecule has 0 radical (unpaired) electrons. The van der Waals surface area contributed by atoms with Crippen LogP contribution in [0, 0.1) is 6.92 Å². The van der Waals surface area contributed by atoms with Crippen LogP contribution < -0.4 is 24.8 Å². The van der Waals surface area contributed by atoms with Gasteiger partial charge in [0.2, 0.25) is 0 Å². The van der Waals surface area contributed by atoms with Gasteiger partial charge in [0.15, 0.2) is 18.1 Å².